The Morgan fingerprint density at radius 1 is 0.892 bits per heavy atom. The second-order valence-corrected chi connectivity index (χ2v) is 8.87. The summed E-state index contributed by atoms with van der Waals surface area (Å²) < 4.78 is 1.50. The summed E-state index contributed by atoms with van der Waals surface area (Å²) in [5.41, 5.74) is 11.1. The van der Waals surface area contributed by atoms with Gasteiger partial charge in [0.2, 0.25) is 0 Å². The van der Waals surface area contributed by atoms with Crippen LogP contribution in [0, 0.1) is 6.92 Å². The van der Waals surface area contributed by atoms with Crippen LogP contribution in [0.5, 0.6) is 0 Å². The number of carbonyl (C=O) groups is 2. The summed E-state index contributed by atoms with van der Waals surface area (Å²) in [5.74, 6) is -0.715. The molecular formula is C29H25N5O3. The fraction of sp³-hybridized carbons (Fsp3) is 0.0690. The number of anilines is 3. The molecule has 8 heteroatoms. The van der Waals surface area contributed by atoms with Crippen molar-refractivity contribution < 1.29 is 9.59 Å². The molecule has 0 bridgehead atoms. The first-order valence-corrected chi connectivity index (χ1v) is 11.7. The van der Waals surface area contributed by atoms with Gasteiger partial charge in [-0.1, -0.05) is 42.0 Å². The van der Waals surface area contributed by atoms with Gasteiger partial charge in [-0.3, -0.25) is 14.4 Å². The fourth-order valence-corrected chi connectivity index (χ4v) is 4.13. The van der Waals surface area contributed by atoms with E-state index < -0.39 is 5.91 Å². The summed E-state index contributed by atoms with van der Waals surface area (Å²) in [5, 5.41) is 6.26. The third kappa shape index (κ3) is 4.72. The van der Waals surface area contributed by atoms with E-state index >= 15 is 0 Å². The van der Waals surface area contributed by atoms with Crippen LogP contribution in [0.15, 0.2) is 89.9 Å². The number of nitrogens with zero attached hydrogens (tertiary/aromatic N) is 1. The molecule has 5 aromatic rings. The number of hydrogen-bond acceptors (Lipinski definition) is 4. The number of nitrogens with one attached hydrogen (secondary N) is 3. The van der Waals surface area contributed by atoms with E-state index in [1.807, 2.05) is 31.2 Å². The molecule has 0 saturated heterocycles. The van der Waals surface area contributed by atoms with Crippen molar-refractivity contribution in [3.8, 4) is 11.1 Å². The Labute approximate surface area is 212 Å². The zero-order valence-electron chi connectivity index (χ0n) is 20.3. The van der Waals surface area contributed by atoms with Gasteiger partial charge in [0.05, 0.1) is 11.4 Å². The first-order valence-electron chi connectivity index (χ1n) is 11.7. The Morgan fingerprint density at radius 3 is 2.30 bits per heavy atom. The molecule has 3 aromatic carbocycles. The lowest BCUT2D eigenvalue weighted by atomic mass is 10.0. The molecule has 0 unspecified atom stereocenters. The fourth-order valence-electron chi connectivity index (χ4n) is 4.13. The van der Waals surface area contributed by atoms with Gasteiger partial charge in [-0.25, -0.2) is 0 Å². The number of aryl methyl sites for hydroxylation is 2. The van der Waals surface area contributed by atoms with E-state index in [2.05, 4.69) is 15.6 Å². The monoisotopic (exact) mass is 491 g/mol. The van der Waals surface area contributed by atoms with Gasteiger partial charge in [0.25, 0.3) is 17.4 Å². The van der Waals surface area contributed by atoms with E-state index in [4.69, 9.17) is 5.73 Å². The van der Waals surface area contributed by atoms with E-state index in [0.29, 0.717) is 33.5 Å². The number of carbonyl (C=O) groups excluding carboxylic acids is 2. The average Bonchev–Trinajstić information content (AvgIpc) is 3.35. The molecule has 37 heavy (non-hydrogen) atoms. The van der Waals surface area contributed by atoms with Gasteiger partial charge >= 0.3 is 0 Å². The predicted molar refractivity (Wildman–Crippen MR) is 147 cm³/mol. The zero-order valence-corrected chi connectivity index (χ0v) is 20.3. The van der Waals surface area contributed by atoms with Crippen molar-refractivity contribution in [1.82, 2.24) is 9.55 Å². The highest BCUT2D eigenvalue weighted by Crippen LogP contribution is 2.28. The lowest BCUT2D eigenvalue weighted by Crippen LogP contribution is -2.17. The van der Waals surface area contributed by atoms with Crippen LogP contribution in [0.3, 0.4) is 0 Å². The summed E-state index contributed by atoms with van der Waals surface area (Å²) >= 11 is 0. The van der Waals surface area contributed by atoms with Crippen LogP contribution in [-0.4, -0.2) is 21.4 Å². The maximum atomic E-state index is 13.0. The molecule has 2 aromatic heterocycles. The predicted octanol–water partition coefficient (Wildman–Crippen LogP) is 4.93. The minimum absolute atomic E-state index is 0.223. The minimum Gasteiger partial charge on any atom is -0.397 e. The van der Waals surface area contributed by atoms with Crippen LogP contribution in [-0.2, 0) is 7.05 Å². The Hall–Kier alpha value is -5.11. The van der Waals surface area contributed by atoms with E-state index in [-0.39, 0.29) is 17.2 Å². The summed E-state index contributed by atoms with van der Waals surface area (Å²) in [7, 11) is 1.68. The van der Waals surface area contributed by atoms with Crippen molar-refractivity contribution in [3.05, 3.63) is 112 Å². The summed E-state index contributed by atoms with van der Waals surface area (Å²) in [6, 6.07) is 23.2. The normalized spacial score (nSPS) is 10.9. The molecule has 0 saturated carbocycles. The minimum atomic E-state index is -0.401. The number of rotatable bonds is 5. The molecule has 8 nitrogen and oxygen atoms in total. The van der Waals surface area contributed by atoms with Gasteiger partial charge < -0.3 is 25.9 Å². The van der Waals surface area contributed by atoms with Gasteiger partial charge in [0.1, 0.15) is 11.2 Å². The van der Waals surface area contributed by atoms with Crippen LogP contribution in [0.2, 0.25) is 0 Å². The standard InChI is InChI=1S/C29H25N5O3/c1-17-7-9-18(10-8-17)22-16-34(2)29(37)26-21(22)15-25(32-26)28(36)31-20-13-11-19(12-14-20)27(35)33-24-6-4-3-5-23(24)30/h3-16,32H,30H2,1-2H3,(H,31,36)(H,33,35). The lowest BCUT2D eigenvalue weighted by Gasteiger charge is -2.09. The van der Waals surface area contributed by atoms with E-state index in [1.165, 1.54) is 4.57 Å². The van der Waals surface area contributed by atoms with Crippen molar-refractivity contribution in [3.63, 3.8) is 0 Å². The van der Waals surface area contributed by atoms with Crippen molar-refractivity contribution in [1.29, 1.82) is 0 Å². The number of fused-ring (bicyclic) bond motifs is 1. The first kappa shape index (κ1) is 23.6. The van der Waals surface area contributed by atoms with E-state index in [9.17, 15) is 14.4 Å². The lowest BCUT2D eigenvalue weighted by molar-refractivity contribution is 0.101. The number of benzene rings is 3. The molecule has 0 aliphatic carbocycles. The van der Waals surface area contributed by atoms with Crippen LogP contribution in [0.1, 0.15) is 26.4 Å². The molecule has 5 N–H and O–H groups in total. The Bertz CT molecular complexity index is 1700. The van der Waals surface area contributed by atoms with Crippen molar-refractivity contribution in [2.75, 3.05) is 16.4 Å². The molecule has 2 heterocycles. The number of pyridine rings is 1. The SMILES string of the molecule is Cc1ccc(-c2cn(C)c(=O)c3[nH]c(C(=O)Nc4ccc(C(=O)Nc5ccccc5N)cc4)cc23)cc1. The van der Waals surface area contributed by atoms with Crippen LogP contribution < -0.4 is 21.9 Å². The Kier molecular flexibility index (Phi) is 6.07. The molecule has 0 atom stereocenters. The number of aromatic amines is 1. The topological polar surface area (TPSA) is 122 Å². The number of nitrogens with two attached hydrogens (primary N) is 1. The Morgan fingerprint density at radius 2 is 1.59 bits per heavy atom. The number of H-pyrrole nitrogens is 1. The molecule has 0 aliphatic rings. The summed E-state index contributed by atoms with van der Waals surface area (Å²) in [6.45, 7) is 2.01. The highest BCUT2D eigenvalue weighted by atomic mass is 16.2. The summed E-state index contributed by atoms with van der Waals surface area (Å²) in [4.78, 5) is 41.3. The van der Waals surface area contributed by atoms with Gasteiger partial charge in [-0.2, -0.15) is 0 Å². The van der Waals surface area contributed by atoms with E-state index in [0.717, 1.165) is 16.7 Å². The number of para-hydroxylation sites is 2. The highest BCUT2D eigenvalue weighted by Gasteiger charge is 2.17. The van der Waals surface area contributed by atoms with Crippen molar-refractivity contribution >= 4 is 39.8 Å². The molecule has 2 amide bonds. The zero-order chi connectivity index (χ0) is 26.1. The maximum Gasteiger partial charge on any atom is 0.274 e. The number of nitrogen functional groups attached to an aromatic ring is 1. The average molecular weight is 492 g/mol. The highest BCUT2D eigenvalue weighted by molar-refractivity contribution is 6.09. The Balaban J connectivity index is 1.37. The summed E-state index contributed by atoms with van der Waals surface area (Å²) in [6.07, 6.45) is 1.78. The number of aromatic nitrogens is 2. The van der Waals surface area contributed by atoms with E-state index in [1.54, 1.807) is 67.8 Å². The second-order valence-electron chi connectivity index (χ2n) is 8.87. The largest absolute Gasteiger partial charge is 0.397 e. The third-order valence-corrected chi connectivity index (χ3v) is 6.19. The van der Waals surface area contributed by atoms with Crippen LogP contribution in [0.4, 0.5) is 17.1 Å². The molecule has 0 spiro atoms. The number of amides is 2. The third-order valence-electron chi connectivity index (χ3n) is 6.19. The second kappa shape index (κ2) is 9.50. The molecule has 0 fully saturated rings. The van der Waals surface area contributed by atoms with Gasteiger partial charge in [0, 0.05) is 35.4 Å². The van der Waals surface area contributed by atoms with Gasteiger partial charge in [-0.15, -0.1) is 0 Å². The van der Waals surface area contributed by atoms with Crippen LogP contribution >= 0.6 is 0 Å². The van der Waals surface area contributed by atoms with Gasteiger partial charge in [0.15, 0.2) is 0 Å². The quantitative estimate of drug-likeness (QED) is 0.260. The maximum absolute atomic E-state index is 13.0. The van der Waals surface area contributed by atoms with Gasteiger partial charge in [-0.05, 0) is 55.0 Å². The first-order chi connectivity index (χ1) is 17.8. The van der Waals surface area contributed by atoms with Crippen LogP contribution in [0.25, 0.3) is 22.0 Å². The van der Waals surface area contributed by atoms with Crippen molar-refractivity contribution in [2.24, 2.45) is 7.05 Å². The molecule has 0 aliphatic heterocycles. The molecule has 184 valence electrons. The molecule has 0 radical (unpaired) electrons. The van der Waals surface area contributed by atoms with Crippen molar-refractivity contribution in [2.45, 2.75) is 6.92 Å². The molecular weight excluding hydrogens is 466 g/mol. The smallest absolute Gasteiger partial charge is 0.274 e. The number of hydrogen-bond donors (Lipinski definition) is 4. The molecule has 5 rings (SSSR count).